The van der Waals surface area contributed by atoms with Gasteiger partial charge in [-0.05, 0) is 38.5 Å². The fourth-order valence-corrected chi connectivity index (χ4v) is 9.78. The Bertz CT molecular complexity index is 1220. The number of nitrogens with zero attached hydrogens (tertiary/aromatic N) is 1. The van der Waals surface area contributed by atoms with Gasteiger partial charge in [0.2, 0.25) is 0 Å². The van der Waals surface area contributed by atoms with Crippen LogP contribution < -0.4 is 0 Å². The van der Waals surface area contributed by atoms with E-state index in [-0.39, 0.29) is 32.2 Å². The SMILES string of the molecule is CCCCCC/C=C\CCCCCCCC(=O)OC(COC(=O)CCCCCCCCCCCCCCCCCCCCCCCCCCCCCCCCCCCCCC)COC(OCC[N+](C)(C)C)C(=O)O. The summed E-state index contributed by atoms with van der Waals surface area (Å²) in [7, 11) is 5.97. The van der Waals surface area contributed by atoms with E-state index < -0.39 is 24.3 Å². The van der Waals surface area contributed by atoms with E-state index in [0.717, 1.165) is 51.4 Å². The molecule has 0 aliphatic carbocycles. The molecule has 0 saturated heterocycles. The molecule has 0 aromatic heterocycles. The minimum absolute atomic E-state index is 0.179. The molecule has 2 unspecified atom stereocenters. The van der Waals surface area contributed by atoms with Crippen LogP contribution >= 0.6 is 0 Å². The lowest BCUT2D eigenvalue weighted by atomic mass is 10.0. The van der Waals surface area contributed by atoms with E-state index in [1.54, 1.807) is 0 Å². The molecule has 0 spiro atoms. The Labute approximate surface area is 459 Å². The van der Waals surface area contributed by atoms with Crippen molar-refractivity contribution in [2.45, 2.75) is 341 Å². The lowest BCUT2D eigenvalue weighted by Crippen LogP contribution is -2.40. The first-order chi connectivity index (χ1) is 36.1. The summed E-state index contributed by atoms with van der Waals surface area (Å²) in [6.07, 6.45) is 64.9. The molecule has 0 radical (unpaired) electrons. The number of carbonyl (C=O) groups excluding carboxylic acids is 2. The summed E-state index contributed by atoms with van der Waals surface area (Å²) in [5.41, 5.74) is 0. The third-order valence-corrected chi connectivity index (χ3v) is 14.8. The van der Waals surface area contributed by atoms with Crippen molar-refractivity contribution < 1.29 is 42.9 Å². The smallest absolute Gasteiger partial charge is 0.361 e. The predicted molar refractivity (Wildman–Crippen MR) is 314 cm³/mol. The van der Waals surface area contributed by atoms with Crippen LogP contribution in [0.15, 0.2) is 12.2 Å². The van der Waals surface area contributed by atoms with Crippen LogP contribution in [0.3, 0.4) is 0 Å². The zero-order valence-electron chi connectivity index (χ0n) is 50.0. The summed E-state index contributed by atoms with van der Waals surface area (Å²) in [5, 5.41) is 9.69. The molecular weight excluding hydrogens is 923 g/mol. The zero-order chi connectivity index (χ0) is 54.1. The van der Waals surface area contributed by atoms with E-state index >= 15 is 0 Å². The number of hydrogen-bond acceptors (Lipinski definition) is 7. The number of likely N-dealkylation sites (N-methyl/N-ethyl adjacent to an activating group) is 1. The number of carboxylic acids is 1. The maximum atomic E-state index is 12.8. The van der Waals surface area contributed by atoms with Crippen molar-refractivity contribution in [2.75, 3.05) is 47.5 Å². The van der Waals surface area contributed by atoms with Crippen LogP contribution in [0, 0.1) is 0 Å². The molecule has 74 heavy (non-hydrogen) atoms. The van der Waals surface area contributed by atoms with Gasteiger partial charge in [0.05, 0.1) is 34.4 Å². The van der Waals surface area contributed by atoms with Crippen LogP contribution in [0.5, 0.6) is 0 Å². The lowest BCUT2D eigenvalue weighted by molar-refractivity contribution is -0.870. The molecule has 0 aromatic carbocycles. The summed E-state index contributed by atoms with van der Waals surface area (Å²) >= 11 is 0. The first kappa shape index (κ1) is 72.0. The molecule has 438 valence electrons. The van der Waals surface area contributed by atoms with Crippen LogP contribution in [0.25, 0.3) is 0 Å². The molecule has 0 saturated carbocycles. The minimum atomic E-state index is -1.51. The van der Waals surface area contributed by atoms with Crippen molar-refractivity contribution in [3.63, 3.8) is 0 Å². The highest BCUT2D eigenvalue weighted by molar-refractivity contribution is 5.71. The first-order valence-corrected chi connectivity index (χ1v) is 32.4. The van der Waals surface area contributed by atoms with Gasteiger partial charge in [0.1, 0.15) is 13.2 Å². The molecule has 0 aromatic rings. The highest BCUT2D eigenvalue weighted by Gasteiger charge is 2.25. The van der Waals surface area contributed by atoms with Crippen LogP contribution in [-0.2, 0) is 33.3 Å². The number of hydrogen-bond donors (Lipinski definition) is 1. The molecule has 0 aliphatic heterocycles. The summed E-state index contributed by atoms with van der Waals surface area (Å²) in [4.78, 5) is 37.4. The summed E-state index contributed by atoms with van der Waals surface area (Å²) in [6.45, 7) is 4.90. The van der Waals surface area contributed by atoms with Gasteiger partial charge in [-0.25, -0.2) is 4.79 Å². The van der Waals surface area contributed by atoms with Gasteiger partial charge >= 0.3 is 17.9 Å². The monoisotopic (exact) mass is 1050 g/mol. The molecule has 9 nitrogen and oxygen atoms in total. The average Bonchev–Trinajstić information content (AvgIpc) is 3.37. The van der Waals surface area contributed by atoms with Crippen LogP contribution in [0.2, 0.25) is 0 Å². The Kier molecular flexibility index (Phi) is 55.7. The van der Waals surface area contributed by atoms with Gasteiger partial charge in [-0.15, -0.1) is 0 Å². The largest absolute Gasteiger partial charge is 0.477 e. The van der Waals surface area contributed by atoms with E-state index in [1.165, 1.54) is 244 Å². The molecule has 0 aliphatic rings. The number of ether oxygens (including phenoxy) is 4. The van der Waals surface area contributed by atoms with Crippen LogP contribution in [-0.4, -0.2) is 87.4 Å². The number of allylic oxidation sites excluding steroid dienone is 2. The Balaban J connectivity index is 3.91. The Morgan fingerprint density at radius 1 is 0.392 bits per heavy atom. The van der Waals surface area contributed by atoms with Gasteiger partial charge in [0.25, 0.3) is 6.29 Å². The zero-order valence-corrected chi connectivity index (χ0v) is 50.0. The van der Waals surface area contributed by atoms with Gasteiger partial charge < -0.3 is 28.5 Å². The highest BCUT2D eigenvalue weighted by atomic mass is 16.7. The molecule has 0 bridgehead atoms. The number of esters is 2. The van der Waals surface area contributed by atoms with E-state index in [1.807, 2.05) is 21.1 Å². The maximum Gasteiger partial charge on any atom is 0.361 e. The predicted octanol–water partition coefficient (Wildman–Crippen LogP) is 19.3. The van der Waals surface area contributed by atoms with Gasteiger partial charge in [-0.1, -0.05) is 289 Å². The normalized spacial score (nSPS) is 12.7. The number of quaternary nitrogens is 1. The van der Waals surface area contributed by atoms with Crippen molar-refractivity contribution in [3.05, 3.63) is 12.2 Å². The summed E-state index contributed by atoms with van der Waals surface area (Å²) < 4.78 is 22.9. The fourth-order valence-electron chi connectivity index (χ4n) is 9.78. The Hall–Kier alpha value is -1.97. The molecule has 9 heteroatoms. The highest BCUT2D eigenvalue weighted by Crippen LogP contribution is 2.19. The standard InChI is InChI=1S/C65H125NO8/c1-6-8-10-12-14-16-18-20-21-22-23-24-25-26-27-28-29-30-31-32-33-34-35-36-37-38-39-40-41-42-44-45-47-49-51-53-55-62(67)72-59-61(60-73-65(64(69)70)71-58-57-66(3,4)5)74-63(68)56-54-52-50-48-46-43-19-17-15-13-11-9-7-2/h17,19,61,65H,6-16,18,20-60H2,1-5H3/p+1/b19-17-. The molecule has 0 fully saturated rings. The van der Waals surface area contributed by atoms with Gasteiger partial charge in [0.15, 0.2) is 6.10 Å². The van der Waals surface area contributed by atoms with Crippen molar-refractivity contribution >= 4 is 17.9 Å². The quantitative estimate of drug-likeness (QED) is 0.0211. The molecule has 0 amide bonds. The van der Waals surface area contributed by atoms with E-state index in [0.29, 0.717) is 23.9 Å². The number of carbonyl (C=O) groups is 3. The van der Waals surface area contributed by atoms with Crippen molar-refractivity contribution in [1.82, 2.24) is 0 Å². The van der Waals surface area contributed by atoms with E-state index in [4.69, 9.17) is 18.9 Å². The fraction of sp³-hybridized carbons (Fsp3) is 0.923. The summed E-state index contributed by atoms with van der Waals surface area (Å²) in [6, 6.07) is 0. The Morgan fingerprint density at radius 2 is 0.689 bits per heavy atom. The van der Waals surface area contributed by atoms with Crippen LogP contribution in [0.1, 0.15) is 328 Å². The van der Waals surface area contributed by atoms with Gasteiger partial charge in [0, 0.05) is 12.8 Å². The Morgan fingerprint density at radius 3 is 1.01 bits per heavy atom. The summed E-state index contributed by atoms with van der Waals surface area (Å²) in [5.74, 6) is -1.99. The molecule has 1 N–H and O–H groups in total. The van der Waals surface area contributed by atoms with Crippen molar-refractivity contribution in [1.29, 1.82) is 0 Å². The molecule has 2 atom stereocenters. The van der Waals surface area contributed by atoms with E-state index in [2.05, 4.69) is 26.0 Å². The molecule has 0 rings (SSSR count). The topological polar surface area (TPSA) is 108 Å². The second-order valence-electron chi connectivity index (χ2n) is 23.4. The van der Waals surface area contributed by atoms with Gasteiger partial charge in [-0.2, -0.15) is 0 Å². The number of rotatable bonds is 61. The lowest BCUT2D eigenvalue weighted by Gasteiger charge is -2.25. The van der Waals surface area contributed by atoms with Gasteiger partial charge in [-0.3, -0.25) is 9.59 Å². The minimum Gasteiger partial charge on any atom is -0.477 e. The number of aliphatic carboxylic acids is 1. The second kappa shape index (κ2) is 57.2. The molecule has 0 heterocycles. The number of unbranched alkanes of at least 4 members (excludes halogenated alkanes) is 44. The third kappa shape index (κ3) is 57.7. The van der Waals surface area contributed by atoms with E-state index in [9.17, 15) is 19.5 Å². The van der Waals surface area contributed by atoms with Crippen molar-refractivity contribution in [3.8, 4) is 0 Å². The maximum absolute atomic E-state index is 12.8. The second-order valence-corrected chi connectivity index (χ2v) is 23.4. The number of carboxylic acid groups (broad SMARTS) is 1. The van der Waals surface area contributed by atoms with Crippen molar-refractivity contribution in [2.24, 2.45) is 0 Å². The molecular formula is C65H126NO8+. The first-order valence-electron chi connectivity index (χ1n) is 32.4. The van der Waals surface area contributed by atoms with Crippen LogP contribution in [0.4, 0.5) is 0 Å². The average molecular weight is 1050 g/mol. The third-order valence-electron chi connectivity index (χ3n) is 14.8.